The van der Waals surface area contributed by atoms with E-state index < -0.39 is 7.92 Å². The van der Waals surface area contributed by atoms with Crippen molar-refractivity contribution in [3.05, 3.63) is 130 Å². The van der Waals surface area contributed by atoms with Crippen LogP contribution in [0, 0.1) is 24.3 Å². The van der Waals surface area contributed by atoms with Gasteiger partial charge in [-0.3, -0.25) is 11.5 Å². The quantitative estimate of drug-likeness (QED) is 0.238. The summed E-state index contributed by atoms with van der Waals surface area (Å²) in [6, 6.07) is 21.7. The van der Waals surface area contributed by atoms with Crippen LogP contribution in [0.1, 0.15) is 13.8 Å². The molecule has 2 nitrogen and oxygen atoms in total. The van der Waals surface area contributed by atoms with E-state index in [2.05, 4.69) is 116 Å². The molecule has 0 amide bonds. The molecule has 1 aliphatic heterocycles. The van der Waals surface area contributed by atoms with E-state index in [1.807, 2.05) is 6.08 Å². The van der Waals surface area contributed by atoms with E-state index in [9.17, 15) is 0 Å². The summed E-state index contributed by atoms with van der Waals surface area (Å²) in [7, 11) is -0.668. The van der Waals surface area contributed by atoms with Gasteiger partial charge in [-0.2, -0.15) is 0 Å². The van der Waals surface area contributed by atoms with Gasteiger partial charge < -0.3 is 10.1 Å². The molecule has 0 bridgehead atoms. The summed E-state index contributed by atoms with van der Waals surface area (Å²) in [5, 5.41) is 8.75. The van der Waals surface area contributed by atoms with Crippen LogP contribution < -0.4 is 10.6 Å². The fourth-order valence-electron chi connectivity index (χ4n) is 3.32. The van der Waals surface area contributed by atoms with Crippen LogP contribution in [0.2, 0.25) is 0 Å². The van der Waals surface area contributed by atoms with Crippen LogP contribution in [0.15, 0.2) is 107 Å². The van der Waals surface area contributed by atoms with Crippen molar-refractivity contribution in [3.63, 3.8) is 0 Å². The molecule has 1 fully saturated rings. The molecule has 158 valence electrons. The van der Waals surface area contributed by atoms with E-state index in [1.165, 1.54) is 15.9 Å². The third kappa shape index (κ3) is 5.91. The second kappa shape index (κ2) is 12.0. The molecule has 0 spiro atoms. The Hall–Kier alpha value is -2.35. The van der Waals surface area contributed by atoms with Crippen LogP contribution in [0.4, 0.5) is 0 Å². The van der Waals surface area contributed by atoms with Gasteiger partial charge in [-0.05, 0) is 36.0 Å². The molecule has 0 saturated carbocycles. The van der Waals surface area contributed by atoms with Crippen LogP contribution in [-0.2, 0) is 21.8 Å². The van der Waals surface area contributed by atoms with E-state index in [1.54, 1.807) is 0 Å². The molecule has 2 aromatic rings. The van der Waals surface area contributed by atoms with E-state index in [-0.39, 0.29) is 23.1 Å². The number of hydrogen-bond acceptors (Lipinski definition) is 1. The van der Waals surface area contributed by atoms with Gasteiger partial charge in [0.15, 0.2) is 0 Å². The maximum Gasteiger partial charge on any atom is 2.00 e. The second-order valence-electron chi connectivity index (χ2n) is 7.43. The van der Waals surface area contributed by atoms with Crippen molar-refractivity contribution < 1.29 is 21.8 Å². The van der Waals surface area contributed by atoms with Crippen LogP contribution in [0.25, 0.3) is 5.32 Å². The summed E-state index contributed by atoms with van der Waals surface area (Å²) in [6.07, 6.45) is 9.93. The molecule has 0 N–H and O–H groups in total. The first-order chi connectivity index (χ1) is 15.2. The molecular formula is C28H22FeNOP. The molecule has 3 aliphatic rings. The second-order valence-corrected chi connectivity index (χ2v) is 9.61. The minimum Gasteiger partial charge on any atom is -0.623 e. The van der Waals surface area contributed by atoms with Gasteiger partial charge in [0, 0.05) is 18.4 Å². The minimum absolute atomic E-state index is 0. The summed E-state index contributed by atoms with van der Waals surface area (Å²) >= 11 is 0. The summed E-state index contributed by atoms with van der Waals surface area (Å²) in [5.41, 5.74) is 11.9. The van der Waals surface area contributed by atoms with Gasteiger partial charge in [0.05, 0.1) is 0 Å². The van der Waals surface area contributed by atoms with Crippen LogP contribution >= 0.6 is 7.92 Å². The molecule has 32 heavy (non-hydrogen) atoms. The van der Waals surface area contributed by atoms with Crippen LogP contribution in [0.3, 0.4) is 0 Å². The molecule has 2 aliphatic carbocycles. The Kier molecular flexibility index (Phi) is 9.14. The third-order valence-corrected chi connectivity index (χ3v) is 7.45. The van der Waals surface area contributed by atoms with Crippen molar-refractivity contribution in [2.45, 2.75) is 19.9 Å². The number of allylic oxidation sites excluding steroid dienone is 3. The van der Waals surface area contributed by atoms with E-state index >= 15 is 0 Å². The predicted molar refractivity (Wildman–Crippen MR) is 127 cm³/mol. The number of hydrogen-bond donors (Lipinski definition) is 0. The predicted octanol–water partition coefficient (Wildman–Crippen LogP) is 5.64. The SMILES string of the molecule is CC(C)[C@@H]1CO[C](C2=C=CC=C2P(c2ccccc2)c2ccccc2)[N-]1.[C]1=C=C=C=[C-]1.[Fe+2]. The summed E-state index contributed by atoms with van der Waals surface area (Å²) in [6.45, 7) is 5.05. The first-order valence-corrected chi connectivity index (χ1v) is 11.6. The molecule has 5 rings (SSSR count). The first kappa shape index (κ1) is 24.3. The molecule has 0 aromatic heterocycles. The van der Waals surface area contributed by atoms with E-state index in [0.29, 0.717) is 12.5 Å². The number of ether oxygens (including phenoxy) is 1. The summed E-state index contributed by atoms with van der Waals surface area (Å²) < 4.78 is 5.96. The van der Waals surface area contributed by atoms with Crippen LogP contribution in [-0.4, -0.2) is 12.6 Å². The standard InChI is InChI=1S/C23H22NOP.C5.Fe/c1-17(2)21-16-25-23(24-21)20-14-9-15-22(20)26(18-10-5-3-6-11-18)19-12-7-4-8-13-19;1-2-4-5-3-1;/h3-13,15,17,21H,16H2,1-2H3;;/q2*-1;+2/t21-;;/m0../s1. The smallest absolute Gasteiger partial charge is 0.623 e. The maximum atomic E-state index is 5.96. The first-order valence-electron chi connectivity index (χ1n) is 10.3. The largest absolute Gasteiger partial charge is 2.00 e. The Bertz CT molecular complexity index is 1090. The summed E-state index contributed by atoms with van der Waals surface area (Å²) in [4.78, 5) is 0. The molecule has 4 heteroatoms. The normalized spacial score (nSPS) is 18.1. The Morgan fingerprint density at radius 1 is 1.00 bits per heavy atom. The van der Waals surface area contributed by atoms with Gasteiger partial charge >= 0.3 is 17.1 Å². The van der Waals surface area contributed by atoms with Gasteiger partial charge in [-0.1, -0.05) is 80.4 Å². The Morgan fingerprint density at radius 2 is 1.66 bits per heavy atom. The minimum atomic E-state index is -0.668. The molecule has 1 heterocycles. The summed E-state index contributed by atoms with van der Waals surface area (Å²) in [5.74, 6) is 0.482. The van der Waals surface area contributed by atoms with Crippen molar-refractivity contribution in [3.8, 4) is 0 Å². The number of rotatable bonds is 5. The Balaban J connectivity index is 0.000000427. The van der Waals surface area contributed by atoms with Crippen LogP contribution in [0.5, 0.6) is 0 Å². The fraction of sp³-hybridized carbons (Fsp3) is 0.179. The molecule has 0 unspecified atom stereocenters. The van der Waals surface area contributed by atoms with Crippen molar-refractivity contribution in [1.29, 1.82) is 0 Å². The van der Waals surface area contributed by atoms with E-state index in [4.69, 9.17) is 10.1 Å². The van der Waals surface area contributed by atoms with Gasteiger partial charge in [0.25, 0.3) is 0 Å². The zero-order valence-electron chi connectivity index (χ0n) is 17.9. The van der Waals surface area contributed by atoms with Crippen molar-refractivity contribution in [2.24, 2.45) is 5.92 Å². The van der Waals surface area contributed by atoms with Crippen molar-refractivity contribution in [2.75, 3.05) is 6.61 Å². The van der Waals surface area contributed by atoms with E-state index in [0.717, 1.165) is 11.8 Å². The average molecular weight is 475 g/mol. The average Bonchev–Trinajstić information content (AvgIpc) is 3.58. The number of nitrogens with zero attached hydrogens (tertiary/aromatic N) is 1. The van der Waals surface area contributed by atoms with Gasteiger partial charge in [-0.15, -0.1) is 23.9 Å². The molecule has 1 saturated heterocycles. The monoisotopic (exact) mass is 475 g/mol. The zero-order valence-corrected chi connectivity index (χ0v) is 19.9. The maximum absolute atomic E-state index is 5.96. The van der Waals surface area contributed by atoms with Crippen molar-refractivity contribution in [1.82, 2.24) is 0 Å². The third-order valence-electron chi connectivity index (χ3n) is 4.96. The Labute approximate surface area is 202 Å². The molecule has 1 atom stereocenters. The molecular weight excluding hydrogens is 453 g/mol. The van der Waals surface area contributed by atoms with Gasteiger partial charge in [-0.25, -0.2) is 5.73 Å². The number of benzene rings is 2. The van der Waals surface area contributed by atoms with Gasteiger partial charge in [0.1, 0.15) is 0 Å². The Morgan fingerprint density at radius 3 is 2.12 bits per heavy atom. The zero-order chi connectivity index (χ0) is 21.5. The van der Waals surface area contributed by atoms with Gasteiger partial charge in [0.2, 0.25) is 0 Å². The topological polar surface area (TPSA) is 23.3 Å². The molecule has 2 aromatic carbocycles. The fourth-order valence-corrected chi connectivity index (χ4v) is 5.73. The van der Waals surface area contributed by atoms with Crippen molar-refractivity contribution >= 4 is 18.5 Å². The molecule has 2 radical (unpaired) electrons.